The number of fused-ring (bicyclic) bond motifs is 1. The average molecular weight is 437 g/mol. The minimum Gasteiger partial charge on any atom is -0.495 e. The van der Waals surface area contributed by atoms with Gasteiger partial charge in [-0.15, -0.1) is 11.3 Å². The van der Waals surface area contributed by atoms with Gasteiger partial charge in [-0.05, 0) is 25.1 Å². The lowest BCUT2D eigenvalue weighted by molar-refractivity contribution is -0.115. The lowest BCUT2D eigenvalue weighted by atomic mass is 10.2. The Hall–Kier alpha value is -2.97. The monoisotopic (exact) mass is 436 g/mol. The Bertz CT molecular complexity index is 1210. The molecule has 0 N–H and O–H groups in total. The minimum absolute atomic E-state index is 0.120. The van der Waals surface area contributed by atoms with Crippen LogP contribution >= 0.6 is 23.1 Å². The maximum Gasteiger partial charge on any atom is 0.230 e. The molecule has 0 saturated carbocycles. The number of thioether (sulfide) groups is 1. The molecule has 0 atom stereocenters. The Morgan fingerprint density at radius 3 is 2.67 bits per heavy atom. The second-order valence-electron chi connectivity index (χ2n) is 6.53. The zero-order valence-electron chi connectivity index (χ0n) is 16.8. The molecule has 0 unspecified atom stereocenters. The number of para-hydroxylation sites is 3. The SMILES string of the molecule is COc1ccccc1N(C(C)=O)c1nc(CSc2nc(C)nc3ccccc23)cs1. The number of carbonyl (C=O) groups excluding carboxylic acids is 1. The number of aryl methyl sites for hydroxylation is 1. The molecule has 0 aliphatic rings. The van der Waals surface area contributed by atoms with Crippen molar-refractivity contribution in [3.63, 3.8) is 0 Å². The van der Waals surface area contributed by atoms with Crippen molar-refractivity contribution < 1.29 is 9.53 Å². The first-order valence-electron chi connectivity index (χ1n) is 9.31. The van der Waals surface area contributed by atoms with Gasteiger partial charge in [-0.2, -0.15) is 0 Å². The highest BCUT2D eigenvalue weighted by Gasteiger charge is 2.21. The summed E-state index contributed by atoms with van der Waals surface area (Å²) in [5.41, 5.74) is 2.50. The molecule has 2 aromatic heterocycles. The van der Waals surface area contributed by atoms with Gasteiger partial charge in [0.25, 0.3) is 0 Å². The minimum atomic E-state index is -0.120. The number of carbonyl (C=O) groups is 1. The first-order valence-corrected chi connectivity index (χ1v) is 11.2. The second kappa shape index (κ2) is 8.81. The summed E-state index contributed by atoms with van der Waals surface area (Å²) in [5, 5.41) is 4.55. The molecule has 152 valence electrons. The van der Waals surface area contributed by atoms with Crippen molar-refractivity contribution in [1.29, 1.82) is 0 Å². The lowest BCUT2D eigenvalue weighted by Crippen LogP contribution is -2.23. The summed E-state index contributed by atoms with van der Waals surface area (Å²) in [5.74, 6) is 1.90. The summed E-state index contributed by atoms with van der Waals surface area (Å²) in [6.07, 6.45) is 0. The highest BCUT2D eigenvalue weighted by molar-refractivity contribution is 7.98. The van der Waals surface area contributed by atoms with E-state index in [0.717, 1.165) is 27.4 Å². The number of methoxy groups -OCH3 is 1. The topological polar surface area (TPSA) is 68.2 Å². The number of hydrogen-bond donors (Lipinski definition) is 0. The second-order valence-corrected chi connectivity index (χ2v) is 8.33. The number of rotatable bonds is 6. The van der Waals surface area contributed by atoms with Gasteiger partial charge in [0.2, 0.25) is 5.91 Å². The van der Waals surface area contributed by atoms with Gasteiger partial charge in [0.05, 0.1) is 24.0 Å². The van der Waals surface area contributed by atoms with Crippen molar-refractivity contribution in [3.05, 3.63) is 65.4 Å². The molecule has 0 saturated heterocycles. The van der Waals surface area contributed by atoms with E-state index < -0.39 is 0 Å². The number of ether oxygens (including phenoxy) is 1. The van der Waals surface area contributed by atoms with Crippen LogP contribution in [0.15, 0.2) is 58.9 Å². The average Bonchev–Trinajstić information content (AvgIpc) is 3.20. The fourth-order valence-corrected chi connectivity index (χ4v) is 5.04. The molecule has 8 heteroatoms. The van der Waals surface area contributed by atoms with Crippen LogP contribution in [-0.2, 0) is 10.5 Å². The zero-order chi connectivity index (χ0) is 21.1. The van der Waals surface area contributed by atoms with Crippen molar-refractivity contribution >= 4 is 50.7 Å². The van der Waals surface area contributed by atoms with Gasteiger partial charge in [-0.1, -0.05) is 42.1 Å². The molecule has 0 aliphatic heterocycles. The maximum atomic E-state index is 12.4. The van der Waals surface area contributed by atoms with Gasteiger partial charge in [0.15, 0.2) is 5.13 Å². The predicted molar refractivity (Wildman–Crippen MR) is 122 cm³/mol. The molecule has 0 spiro atoms. The van der Waals surface area contributed by atoms with Crippen molar-refractivity contribution in [3.8, 4) is 5.75 Å². The van der Waals surface area contributed by atoms with Crippen LogP contribution in [0, 0.1) is 6.92 Å². The normalized spacial score (nSPS) is 10.9. The fraction of sp³-hybridized carbons (Fsp3) is 0.182. The quantitative estimate of drug-likeness (QED) is 0.299. The van der Waals surface area contributed by atoms with Crippen molar-refractivity contribution in [2.24, 2.45) is 0 Å². The van der Waals surface area contributed by atoms with Crippen LogP contribution in [0.3, 0.4) is 0 Å². The third kappa shape index (κ3) is 4.15. The molecule has 1 amide bonds. The van der Waals surface area contributed by atoms with E-state index in [2.05, 4.69) is 9.97 Å². The molecule has 30 heavy (non-hydrogen) atoms. The van der Waals surface area contributed by atoms with Crippen LogP contribution in [-0.4, -0.2) is 28.0 Å². The number of nitrogens with zero attached hydrogens (tertiary/aromatic N) is 4. The number of aromatic nitrogens is 3. The Morgan fingerprint density at radius 1 is 1.10 bits per heavy atom. The van der Waals surface area contributed by atoms with Crippen LogP contribution in [0.2, 0.25) is 0 Å². The van der Waals surface area contributed by atoms with Gasteiger partial charge in [0.1, 0.15) is 16.6 Å². The molecule has 6 nitrogen and oxygen atoms in total. The first-order chi connectivity index (χ1) is 14.6. The van der Waals surface area contributed by atoms with Gasteiger partial charge in [-0.3, -0.25) is 9.69 Å². The van der Waals surface area contributed by atoms with E-state index in [4.69, 9.17) is 9.72 Å². The Balaban J connectivity index is 1.59. The summed E-state index contributed by atoms with van der Waals surface area (Å²) in [6.45, 7) is 3.42. The van der Waals surface area contributed by atoms with Crippen LogP contribution in [0.25, 0.3) is 10.9 Å². The van der Waals surface area contributed by atoms with Gasteiger partial charge in [0, 0.05) is 23.4 Å². The van der Waals surface area contributed by atoms with Crippen molar-refractivity contribution in [1.82, 2.24) is 15.0 Å². The summed E-state index contributed by atoms with van der Waals surface area (Å²) < 4.78 is 5.43. The Labute approximate surface area is 183 Å². The molecule has 2 aromatic carbocycles. The van der Waals surface area contributed by atoms with Crippen LogP contribution in [0.5, 0.6) is 5.75 Å². The lowest BCUT2D eigenvalue weighted by Gasteiger charge is -2.20. The number of thiazole rings is 1. The molecule has 2 heterocycles. The zero-order valence-corrected chi connectivity index (χ0v) is 18.5. The largest absolute Gasteiger partial charge is 0.495 e. The molecule has 0 bridgehead atoms. The molecule has 0 radical (unpaired) electrons. The first kappa shape index (κ1) is 20.3. The highest BCUT2D eigenvalue weighted by atomic mass is 32.2. The number of hydrogen-bond acceptors (Lipinski definition) is 7. The molecule has 4 aromatic rings. The van der Waals surface area contributed by atoms with E-state index in [9.17, 15) is 4.79 Å². The Morgan fingerprint density at radius 2 is 1.87 bits per heavy atom. The molecule has 0 aliphatic carbocycles. The third-order valence-electron chi connectivity index (χ3n) is 4.41. The summed E-state index contributed by atoms with van der Waals surface area (Å²) >= 11 is 3.05. The van der Waals surface area contributed by atoms with Crippen LogP contribution in [0.4, 0.5) is 10.8 Å². The standard InChI is InChI=1S/C22H20N4O2S2/c1-14-23-18-9-5-4-8-17(18)21(24-14)29-12-16-13-30-22(25-16)26(15(2)27)19-10-6-7-11-20(19)28-3/h4-11,13H,12H2,1-3H3. The van der Waals surface area contributed by atoms with E-state index in [0.29, 0.717) is 22.3 Å². The molecular formula is C22H20N4O2S2. The number of anilines is 2. The Kier molecular flexibility index (Phi) is 5.96. The smallest absolute Gasteiger partial charge is 0.230 e. The van der Waals surface area contributed by atoms with E-state index >= 15 is 0 Å². The summed E-state index contributed by atoms with van der Waals surface area (Å²) in [6, 6.07) is 15.4. The van der Waals surface area contributed by atoms with Gasteiger partial charge >= 0.3 is 0 Å². The van der Waals surface area contributed by atoms with E-state index in [1.54, 1.807) is 23.8 Å². The van der Waals surface area contributed by atoms with Crippen LogP contribution in [0.1, 0.15) is 18.4 Å². The van der Waals surface area contributed by atoms with Gasteiger partial charge < -0.3 is 4.74 Å². The van der Waals surface area contributed by atoms with E-state index in [1.807, 2.05) is 60.8 Å². The van der Waals surface area contributed by atoms with Gasteiger partial charge in [-0.25, -0.2) is 15.0 Å². The van der Waals surface area contributed by atoms with E-state index in [1.165, 1.54) is 18.3 Å². The molecule has 0 fully saturated rings. The van der Waals surface area contributed by atoms with Crippen molar-refractivity contribution in [2.75, 3.05) is 12.0 Å². The molecule has 4 rings (SSSR count). The fourth-order valence-electron chi connectivity index (χ4n) is 3.10. The third-order valence-corrected chi connectivity index (χ3v) is 6.31. The van der Waals surface area contributed by atoms with Crippen LogP contribution < -0.4 is 9.64 Å². The maximum absolute atomic E-state index is 12.4. The number of benzene rings is 2. The predicted octanol–water partition coefficient (Wildman–Crippen LogP) is 5.38. The van der Waals surface area contributed by atoms with E-state index in [-0.39, 0.29) is 5.91 Å². The number of amides is 1. The molecular weight excluding hydrogens is 416 g/mol. The summed E-state index contributed by atoms with van der Waals surface area (Å²) in [4.78, 5) is 27.8. The summed E-state index contributed by atoms with van der Waals surface area (Å²) in [7, 11) is 1.59. The van der Waals surface area contributed by atoms with Crippen molar-refractivity contribution in [2.45, 2.75) is 24.6 Å². The highest BCUT2D eigenvalue weighted by Crippen LogP contribution is 2.36.